The third kappa shape index (κ3) is 3.36. The van der Waals surface area contributed by atoms with Crippen molar-refractivity contribution in [2.75, 3.05) is 23.7 Å². The molecule has 0 atom stereocenters. The molecule has 1 aliphatic heterocycles. The first kappa shape index (κ1) is 15.1. The highest BCUT2D eigenvalue weighted by Crippen LogP contribution is 2.22. The quantitative estimate of drug-likeness (QED) is 0.791. The SMILES string of the molecule is Nc1nccnc1C(=O)Cc1[nH]c(=O)ncc1N1CCCCC1. The molecule has 3 N–H and O–H groups in total. The maximum absolute atomic E-state index is 12.4. The molecule has 0 unspecified atom stereocenters. The van der Waals surface area contributed by atoms with Gasteiger partial charge >= 0.3 is 5.69 Å². The van der Waals surface area contributed by atoms with Crippen LogP contribution in [0.1, 0.15) is 35.4 Å². The number of nitrogens with one attached hydrogen (secondary N) is 1. The largest absolute Gasteiger partial charge is 0.382 e. The zero-order chi connectivity index (χ0) is 16.2. The summed E-state index contributed by atoms with van der Waals surface area (Å²) in [7, 11) is 0. The molecule has 0 radical (unpaired) electrons. The molecule has 0 amide bonds. The summed E-state index contributed by atoms with van der Waals surface area (Å²) >= 11 is 0. The molecule has 23 heavy (non-hydrogen) atoms. The third-order valence-electron chi connectivity index (χ3n) is 3.90. The van der Waals surface area contributed by atoms with Crippen molar-refractivity contribution in [3.05, 3.63) is 40.5 Å². The van der Waals surface area contributed by atoms with Crippen molar-refractivity contribution in [2.45, 2.75) is 25.7 Å². The van der Waals surface area contributed by atoms with E-state index < -0.39 is 5.69 Å². The molecule has 8 heteroatoms. The molecular formula is C15H18N6O2. The first-order valence-corrected chi connectivity index (χ1v) is 7.58. The number of Topliss-reactive ketones (excluding diaryl/α,β-unsaturated/α-hetero) is 1. The minimum Gasteiger partial charge on any atom is -0.382 e. The van der Waals surface area contributed by atoms with Crippen molar-refractivity contribution in [2.24, 2.45) is 0 Å². The van der Waals surface area contributed by atoms with Crippen LogP contribution in [0.25, 0.3) is 0 Å². The first-order chi connectivity index (χ1) is 11.1. The number of nitrogens with two attached hydrogens (primary N) is 1. The third-order valence-corrected chi connectivity index (χ3v) is 3.90. The number of nitrogen functional groups attached to an aromatic ring is 1. The van der Waals surface area contributed by atoms with Gasteiger partial charge in [0.2, 0.25) is 0 Å². The number of carbonyl (C=O) groups is 1. The lowest BCUT2D eigenvalue weighted by Gasteiger charge is -2.29. The summed E-state index contributed by atoms with van der Waals surface area (Å²) in [5.74, 6) is -0.191. The van der Waals surface area contributed by atoms with Gasteiger partial charge in [-0.15, -0.1) is 0 Å². The zero-order valence-corrected chi connectivity index (χ0v) is 12.7. The molecule has 0 aromatic carbocycles. The van der Waals surface area contributed by atoms with Gasteiger partial charge in [-0.2, -0.15) is 4.98 Å². The Bertz CT molecular complexity index is 767. The molecule has 1 aliphatic rings. The number of rotatable bonds is 4. The Hall–Kier alpha value is -2.77. The van der Waals surface area contributed by atoms with Crippen LogP contribution in [0.3, 0.4) is 0 Å². The monoisotopic (exact) mass is 314 g/mol. The molecule has 8 nitrogen and oxygen atoms in total. The fourth-order valence-electron chi connectivity index (χ4n) is 2.77. The van der Waals surface area contributed by atoms with Crippen LogP contribution < -0.4 is 16.3 Å². The Labute approximate surface area is 132 Å². The zero-order valence-electron chi connectivity index (χ0n) is 12.7. The van der Waals surface area contributed by atoms with E-state index in [0.717, 1.165) is 31.6 Å². The standard InChI is InChI=1S/C15H18N6O2/c16-14-13(17-4-5-18-14)12(22)8-10-11(9-19-15(23)20-10)21-6-2-1-3-7-21/h4-5,9H,1-3,6-8H2,(H2,16,18)(H,19,20,23). The summed E-state index contributed by atoms with van der Waals surface area (Å²) in [6, 6.07) is 0. The number of piperidine rings is 1. The lowest BCUT2D eigenvalue weighted by Crippen LogP contribution is -2.32. The Morgan fingerprint density at radius 2 is 1.91 bits per heavy atom. The van der Waals surface area contributed by atoms with Crippen LogP contribution in [-0.4, -0.2) is 38.8 Å². The molecule has 2 aromatic rings. The highest BCUT2D eigenvalue weighted by atomic mass is 16.1. The lowest BCUT2D eigenvalue weighted by atomic mass is 10.1. The highest BCUT2D eigenvalue weighted by Gasteiger charge is 2.20. The molecule has 3 heterocycles. The van der Waals surface area contributed by atoms with Crippen LogP contribution in [0.15, 0.2) is 23.4 Å². The van der Waals surface area contributed by atoms with Gasteiger partial charge in [0.25, 0.3) is 0 Å². The Kier molecular flexibility index (Phi) is 4.31. The van der Waals surface area contributed by atoms with Gasteiger partial charge in [-0.3, -0.25) is 4.79 Å². The van der Waals surface area contributed by atoms with Gasteiger partial charge in [-0.05, 0) is 19.3 Å². The van der Waals surface area contributed by atoms with E-state index in [-0.39, 0.29) is 23.7 Å². The summed E-state index contributed by atoms with van der Waals surface area (Å²) in [4.78, 5) is 40.5. The van der Waals surface area contributed by atoms with E-state index >= 15 is 0 Å². The van der Waals surface area contributed by atoms with Crippen LogP contribution in [0.4, 0.5) is 11.5 Å². The number of nitrogens with zero attached hydrogens (tertiary/aromatic N) is 4. The van der Waals surface area contributed by atoms with Crippen molar-refractivity contribution in [1.82, 2.24) is 19.9 Å². The lowest BCUT2D eigenvalue weighted by molar-refractivity contribution is 0.0988. The van der Waals surface area contributed by atoms with Gasteiger partial charge in [0.05, 0.1) is 24.0 Å². The van der Waals surface area contributed by atoms with Crippen molar-refractivity contribution in [3.8, 4) is 0 Å². The number of aromatic amines is 1. The van der Waals surface area contributed by atoms with E-state index in [9.17, 15) is 9.59 Å². The summed E-state index contributed by atoms with van der Waals surface area (Å²) < 4.78 is 0. The second-order valence-electron chi connectivity index (χ2n) is 5.49. The van der Waals surface area contributed by atoms with Gasteiger partial charge in [-0.1, -0.05) is 0 Å². The van der Waals surface area contributed by atoms with Crippen LogP contribution in [-0.2, 0) is 6.42 Å². The number of hydrogen-bond acceptors (Lipinski definition) is 7. The molecule has 0 saturated carbocycles. The Morgan fingerprint density at radius 3 is 2.65 bits per heavy atom. The van der Waals surface area contributed by atoms with Crippen LogP contribution in [0, 0.1) is 0 Å². The van der Waals surface area contributed by atoms with Gasteiger partial charge < -0.3 is 15.6 Å². The number of carbonyl (C=O) groups excluding carboxylic acids is 1. The Morgan fingerprint density at radius 1 is 1.17 bits per heavy atom. The summed E-state index contributed by atoms with van der Waals surface area (Å²) in [6.07, 6.45) is 7.76. The van der Waals surface area contributed by atoms with Crippen LogP contribution >= 0.6 is 0 Å². The maximum Gasteiger partial charge on any atom is 0.345 e. The molecule has 0 aliphatic carbocycles. The average Bonchev–Trinajstić information content (AvgIpc) is 2.56. The van der Waals surface area contributed by atoms with E-state index in [2.05, 4.69) is 24.8 Å². The Balaban J connectivity index is 1.89. The van der Waals surface area contributed by atoms with Gasteiger partial charge in [0.1, 0.15) is 5.69 Å². The number of hydrogen-bond donors (Lipinski definition) is 2. The van der Waals surface area contributed by atoms with E-state index in [1.165, 1.54) is 25.0 Å². The summed E-state index contributed by atoms with van der Waals surface area (Å²) in [6.45, 7) is 1.78. The predicted octanol–water partition coefficient (Wildman–Crippen LogP) is 0.558. The highest BCUT2D eigenvalue weighted by molar-refractivity contribution is 5.99. The van der Waals surface area contributed by atoms with Gasteiger partial charge in [-0.25, -0.2) is 14.8 Å². The number of H-pyrrole nitrogens is 1. The molecule has 120 valence electrons. The fraction of sp³-hybridized carbons (Fsp3) is 0.400. The number of aromatic nitrogens is 4. The van der Waals surface area contributed by atoms with Crippen molar-refractivity contribution in [3.63, 3.8) is 0 Å². The topological polar surface area (TPSA) is 118 Å². The van der Waals surface area contributed by atoms with Crippen LogP contribution in [0.5, 0.6) is 0 Å². The normalized spacial score (nSPS) is 14.7. The second kappa shape index (κ2) is 6.55. The van der Waals surface area contributed by atoms with E-state index in [4.69, 9.17) is 5.73 Å². The average molecular weight is 314 g/mol. The van der Waals surface area contributed by atoms with Gasteiger partial charge in [0.15, 0.2) is 11.6 Å². The van der Waals surface area contributed by atoms with Crippen LogP contribution in [0.2, 0.25) is 0 Å². The molecule has 1 saturated heterocycles. The predicted molar refractivity (Wildman–Crippen MR) is 85.4 cm³/mol. The number of ketones is 1. The summed E-state index contributed by atoms with van der Waals surface area (Å²) in [5, 5.41) is 0. The van der Waals surface area contributed by atoms with E-state index in [1.807, 2.05) is 0 Å². The second-order valence-corrected chi connectivity index (χ2v) is 5.49. The summed E-state index contributed by atoms with van der Waals surface area (Å²) in [5.41, 5.74) is 6.68. The molecule has 1 fully saturated rings. The number of anilines is 2. The smallest absolute Gasteiger partial charge is 0.345 e. The van der Waals surface area contributed by atoms with Gasteiger partial charge in [0, 0.05) is 25.5 Å². The fourth-order valence-corrected chi connectivity index (χ4v) is 2.77. The minimum atomic E-state index is -0.472. The van der Waals surface area contributed by atoms with E-state index in [1.54, 1.807) is 0 Å². The molecule has 0 spiro atoms. The van der Waals surface area contributed by atoms with E-state index in [0.29, 0.717) is 5.69 Å². The molecule has 2 aromatic heterocycles. The van der Waals surface area contributed by atoms with Crippen molar-refractivity contribution >= 4 is 17.3 Å². The van der Waals surface area contributed by atoms with Crippen molar-refractivity contribution in [1.29, 1.82) is 0 Å². The van der Waals surface area contributed by atoms with Crippen molar-refractivity contribution < 1.29 is 4.79 Å². The first-order valence-electron chi connectivity index (χ1n) is 7.58. The molecular weight excluding hydrogens is 296 g/mol. The minimum absolute atomic E-state index is 0.00644. The molecule has 3 rings (SSSR count). The maximum atomic E-state index is 12.4. The molecule has 0 bridgehead atoms.